The van der Waals surface area contributed by atoms with Crippen molar-refractivity contribution in [2.45, 2.75) is 58.5 Å². The highest BCUT2D eigenvalue weighted by Crippen LogP contribution is 2.48. The van der Waals surface area contributed by atoms with Crippen LogP contribution in [0.15, 0.2) is 0 Å². The van der Waals surface area contributed by atoms with Crippen molar-refractivity contribution < 1.29 is 41.0 Å². The number of hydrogen-bond acceptors (Lipinski definition) is 3. The lowest BCUT2D eigenvalue weighted by molar-refractivity contribution is -0.387. The molecular weight excluding hydrogens is 318 g/mol. The van der Waals surface area contributed by atoms with Gasteiger partial charge in [0.05, 0.1) is 12.0 Å². The van der Waals surface area contributed by atoms with E-state index in [1.54, 1.807) is 6.92 Å². The van der Waals surface area contributed by atoms with Crippen LogP contribution in [0.4, 0.5) is 26.3 Å². The van der Waals surface area contributed by atoms with Gasteiger partial charge < -0.3 is 9.84 Å². The van der Waals surface area contributed by atoms with Crippen LogP contribution in [0, 0.1) is 11.3 Å². The maximum Gasteiger partial charge on any atom is 0.426 e. The van der Waals surface area contributed by atoms with Crippen LogP contribution in [-0.4, -0.2) is 35.6 Å². The smallest absolute Gasteiger partial charge is 0.426 e. The fourth-order valence-corrected chi connectivity index (χ4v) is 1.67. The number of alkyl halides is 6. The van der Waals surface area contributed by atoms with Crippen molar-refractivity contribution in [1.82, 2.24) is 0 Å². The summed E-state index contributed by atoms with van der Waals surface area (Å²) in [6.07, 6.45) is -12.2. The maximum atomic E-state index is 12.8. The second-order valence-corrected chi connectivity index (χ2v) is 5.70. The van der Waals surface area contributed by atoms with Crippen LogP contribution in [0.25, 0.3) is 0 Å². The lowest BCUT2D eigenvalue weighted by Gasteiger charge is -2.38. The Labute approximate surface area is 124 Å². The molecule has 0 aliphatic rings. The summed E-state index contributed by atoms with van der Waals surface area (Å²) in [6, 6.07) is 0. The van der Waals surface area contributed by atoms with Crippen molar-refractivity contribution in [1.29, 1.82) is 0 Å². The summed E-state index contributed by atoms with van der Waals surface area (Å²) in [5.41, 5.74) is -5.96. The largest absolute Gasteiger partial charge is 0.465 e. The van der Waals surface area contributed by atoms with Crippen LogP contribution in [0.3, 0.4) is 0 Å². The summed E-state index contributed by atoms with van der Waals surface area (Å²) in [4.78, 5) is 11.7. The third-order valence-electron chi connectivity index (χ3n) is 3.80. The Morgan fingerprint density at radius 2 is 1.45 bits per heavy atom. The van der Waals surface area contributed by atoms with Gasteiger partial charge in [-0.25, -0.2) is 0 Å². The van der Waals surface area contributed by atoms with E-state index in [1.165, 1.54) is 13.8 Å². The van der Waals surface area contributed by atoms with Gasteiger partial charge in [-0.1, -0.05) is 13.8 Å². The van der Waals surface area contributed by atoms with Crippen LogP contribution in [0.1, 0.15) is 40.5 Å². The highest BCUT2D eigenvalue weighted by atomic mass is 19.4. The van der Waals surface area contributed by atoms with Gasteiger partial charge >= 0.3 is 18.3 Å². The third-order valence-corrected chi connectivity index (χ3v) is 3.80. The van der Waals surface area contributed by atoms with Gasteiger partial charge in [-0.3, -0.25) is 4.79 Å². The summed E-state index contributed by atoms with van der Waals surface area (Å²) in [7, 11) is 0. The van der Waals surface area contributed by atoms with Crippen molar-refractivity contribution in [3.63, 3.8) is 0 Å². The number of esters is 1. The second kappa shape index (κ2) is 6.64. The summed E-state index contributed by atoms with van der Waals surface area (Å²) in [6.45, 7) is 4.41. The van der Waals surface area contributed by atoms with Crippen LogP contribution >= 0.6 is 0 Å². The number of carbonyl (C=O) groups is 1. The monoisotopic (exact) mass is 338 g/mol. The van der Waals surface area contributed by atoms with E-state index < -0.39 is 48.3 Å². The first-order valence-corrected chi connectivity index (χ1v) is 6.68. The van der Waals surface area contributed by atoms with Crippen molar-refractivity contribution in [2.24, 2.45) is 11.3 Å². The lowest BCUT2D eigenvalue weighted by Crippen LogP contribution is -2.62. The van der Waals surface area contributed by atoms with Gasteiger partial charge in [0.1, 0.15) is 0 Å². The number of ether oxygens (including phenoxy) is 1. The predicted molar refractivity (Wildman–Crippen MR) is 65.9 cm³/mol. The van der Waals surface area contributed by atoms with Gasteiger partial charge in [0.2, 0.25) is 0 Å². The Balaban J connectivity index is 5.35. The maximum absolute atomic E-state index is 12.8. The molecule has 0 saturated heterocycles. The van der Waals surface area contributed by atoms with Gasteiger partial charge in [-0.2, -0.15) is 26.3 Å². The number of carbonyl (C=O) groups excluding carboxylic acids is 1. The molecular formula is C13H20F6O3. The molecule has 22 heavy (non-hydrogen) atoms. The molecule has 0 fully saturated rings. The number of hydrogen-bond donors (Lipinski definition) is 1. The summed E-state index contributed by atoms with van der Waals surface area (Å²) in [5, 5.41) is 9.28. The zero-order chi connectivity index (χ0) is 18.0. The Hall–Kier alpha value is -0.990. The highest BCUT2D eigenvalue weighted by Gasteiger charge is 2.73. The molecule has 1 unspecified atom stereocenters. The molecule has 0 aromatic heterocycles. The van der Waals surface area contributed by atoms with Gasteiger partial charge in [-0.15, -0.1) is 0 Å². The van der Waals surface area contributed by atoms with E-state index in [2.05, 4.69) is 4.74 Å². The standard InChI is InChI=1S/C13H20F6O3/c1-5-8(7-22-9(20)10(3,4)6-2)11(21,12(14,15)16)13(17,18)19/h8,21H,5-7H2,1-4H3. The quantitative estimate of drug-likeness (QED) is 0.591. The minimum absolute atomic E-state index is 0.297. The molecule has 0 radical (unpaired) electrons. The van der Waals surface area contributed by atoms with Crippen molar-refractivity contribution in [3.05, 3.63) is 0 Å². The number of rotatable bonds is 6. The average molecular weight is 338 g/mol. The topological polar surface area (TPSA) is 46.5 Å². The third kappa shape index (κ3) is 4.05. The van der Waals surface area contributed by atoms with Crippen LogP contribution in [0.5, 0.6) is 0 Å². The Kier molecular flexibility index (Phi) is 6.34. The fraction of sp³-hybridized carbons (Fsp3) is 0.923. The van der Waals surface area contributed by atoms with Gasteiger partial charge in [0, 0.05) is 5.92 Å². The molecule has 0 amide bonds. The minimum atomic E-state index is -5.93. The molecule has 0 aromatic rings. The summed E-state index contributed by atoms with van der Waals surface area (Å²) >= 11 is 0. The molecule has 1 N–H and O–H groups in total. The first-order valence-electron chi connectivity index (χ1n) is 6.68. The normalized spacial score (nSPS) is 15.6. The molecule has 0 spiro atoms. The van der Waals surface area contributed by atoms with Crippen LogP contribution < -0.4 is 0 Å². The van der Waals surface area contributed by atoms with Crippen molar-refractivity contribution in [3.8, 4) is 0 Å². The predicted octanol–water partition coefficient (Wildman–Crippen LogP) is 3.85. The van der Waals surface area contributed by atoms with Crippen LogP contribution in [0.2, 0.25) is 0 Å². The molecule has 0 heterocycles. The molecule has 0 aliphatic carbocycles. The zero-order valence-electron chi connectivity index (χ0n) is 12.7. The molecule has 0 saturated carbocycles. The van der Waals surface area contributed by atoms with Gasteiger partial charge in [-0.05, 0) is 26.7 Å². The van der Waals surface area contributed by atoms with E-state index in [9.17, 15) is 36.2 Å². The SMILES string of the molecule is CCC(COC(=O)C(C)(C)CC)C(O)(C(F)(F)F)C(F)(F)F. The van der Waals surface area contributed by atoms with Crippen LogP contribution in [-0.2, 0) is 9.53 Å². The molecule has 0 aliphatic heterocycles. The number of aliphatic hydroxyl groups is 1. The van der Waals surface area contributed by atoms with E-state index in [1.807, 2.05) is 0 Å². The van der Waals surface area contributed by atoms with Gasteiger partial charge in [0.25, 0.3) is 5.60 Å². The van der Waals surface area contributed by atoms with E-state index >= 15 is 0 Å². The Morgan fingerprint density at radius 1 is 1.05 bits per heavy atom. The molecule has 3 nitrogen and oxygen atoms in total. The average Bonchev–Trinajstić information content (AvgIpc) is 2.35. The minimum Gasteiger partial charge on any atom is -0.465 e. The Bertz CT molecular complexity index is 372. The zero-order valence-corrected chi connectivity index (χ0v) is 12.7. The first kappa shape index (κ1) is 21.0. The van der Waals surface area contributed by atoms with E-state index in [-0.39, 0.29) is 0 Å². The van der Waals surface area contributed by atoms with E-state index in [4.69, 9.17) is 0 Å². The van der Waals surface area contributed by atoms with Crippen molar-refractivity contribution >= 4 is 5.97 Å². The highest BCUT2D eigenvalue weighted by molar-refractivity contribution is 5.75. The molecule has 0 rings (SSSR count). The molecule has 0 aromatic carbocycles. The number of halogens is 6. The molecule has 0 bridgehead atoms. The fourth-order valence-electron chi connectivity index (χ4n) is 1.67. The van der Waals surface area contributed by atoms with E-state index in [0.29, 0.717) is 6.42 Å². The molecule has 132 valence electrons. The first-order chi connectivity index (χ1) is 9.65. The molecule has 9 heteroatoms. The van der Waals surface area contributed by atoms with E-state index in [0.717, 1.165) is 6.92 Å². The summed E-state index contributed by atoms with van der Waals surface area (Å²) in [5.74, 6) is -3.26. The molecule has 1 atom stereocenters. The van der Waals surface area contributed by atoms with Crippen molar-refractivity contribution in [2.75, 3.05) is 6.61 Å². The van der Waals surface area contributed by atoms with Gasteiger partial charge in [0.15, 0.2) is 0 Å². The Morgan fingerprint density at radius 3 is 1.73 bits per heavy atom. The second-order valence-electron chi connectivity index (χ2n) is 5.70. The summed E-state index contributed by atoms with van der Waals surface area (Å²) < 4.78 is 81.1. The lowest BCUT2D eigenvalue weighted by atomic mass is 9.84.